The zero-order valence-electron chi connectivity index (χ0n) is 9.60. The third-order valence-corrected chi connectivity index (χ3v) is 3.73. The fourth-order valence-corrected chi connectivity index (χ4v) is 2.25. The molecular weight excluding hydrogens is 226 g/mol. The molecule has 0 aromatic carbocycles. The second kappa shape index (κ2) is 4.08. The van der Waals surface area contributed by atoms with Crippen molar-refractivity contribution in [2.75, 3.05) is 7.11 Å². The van der Waals surface area contributed by atoms with E-state index in [0.29, 0.717) is 12.4 Å². The molecule has 2 aromatic heterocycles. The van der Waals surface area contributed by atoms with Crippen molar-refractivity contribution in [3.63, 3.8) is 0 Å². The lowest BCUT2D eigenvalue weighted by molar-refractivity contribution is 0.176. The number of methoxy groups -OCH3 is 1. The number of hydrogen-bond acceptors (Lipinski definition) is 6. The molecule has 2 heterocycles. The van der Waals surface area contributed by atoms with Crippen molar-refractivity contribution in [3.05, 3.63) is 10.8 Å². The quantitative estimate of drug-likeness (QED) is 0.861. The van der Waals surface area contributed by atoms with Gasteiger partial charge in [-0.15, -0.1) is 10.2 Å². The Morgan fingerprint density at radius 3 is 2.88 bits per heavy atom. The molecule has 16 heavy (non-hydrogen) atoms. The summed E-state index contributed by atoms with van der Waals surface area (Å²) in [4.78, 5) is 0.757. The summed E-state index contributed by atoms with van der Waals surface area (Å²) >= 11 is 1.47. The van der Waals surface area contributed by atoms with Gasteiger partial charge < -0.3 is 10.5 Å². The van der Waals surface area contributed by atoms with Crippen molar-refractivity contribution < 1.29 is 4.74 Å². The lowest BCUT2D eigenvalue weighted by Crippen LogP contribution is -2.32. The van der Waals surface area contributed by atoms with E-state index in [9.17, 15) is 0 Å². The van der Waals surface area contributed by atoms with Gasteiger partial charge in [0.15, 0.2) is 5.82 Å². The molecule has 88 valence electrons. The van der Waals surface area contributed by atoms with Crippen LogP contribution in [0.15, 0.2) is 0 Å². The van der Waals surface area contributed by atoms with E-state index in [4.69, 9.17) is 10.5 Å². The van der Waals surface area contributed by atoms with Crippen LogP contribution in [-0.4, -0.2) is 26.9 Å². The summed E-state index contributed by atoms with van der Waals surface area (Å²) < 4.78 is 6.72. The van der Waals surface area contributed by atoms with E-state index in [1.165, 1.54) is 11.3 Å². The van der Waals surface area contributed by atoms with E-state index >= 15 is 0 Å². The first-order valence-corrected chi connectivity index (χ1v) is 5.89. The van der Waals surface area contributed by atoms with Crippen LogP contribution < -0.4 is 5.73 Å². The molecule has 0 aliphatic carbocycles. The largest absolute Gasteiger partial charge is 0.377 e. The number of hydrogen-bond donors (Lipinski definition) is 1. The molecule has 0 fully saturated rings. The summed E-state index contributed by atoms with van der Waals surface area (Å²) in [7, 11) is 1.62. The Labute approximate surface area is 97.4 Å². The van der Waals surface area contributed by atoms with Crippen molar-refractivity contribution in [3.8, 4) is 0 Å². The average Bonchev–Trinajstić information content (AvgIpc) is 2.81. The number of nitrogens with zero attached hydrogens (tertiary/aromatic N) is 4. The lowest BCUT2D eigenvalue weighted by Gasteiger charge is -2.18. The molecule has 6 nitrogen and oxygen atoms in total. The van der Waals surface area contributed by atoms with E-state index in [1.54, 1.807) is 11.6 Å². The number of aromatic nitrogens is 4. The minimum atomic E-state index is -0.407. The van der Waals surface area contributed by atoms with Gasteiger partial charge in [0.05, 0.1) is 5.54 Å². The lowest BCUT2D eigenvalue weighted by atomic mass is 10.0. The first kappa shape index (κ1) is 11.4. The molecule has 0 spiro atoms. The van der Waals surface area contributed by atoms with Crippen LogP contribution in [0.2, 0.25) is 0 Å². The third-order valence-electron chi connectivity index (χ3n) is 2.55. The van der Waals surface area contributed by atoms with E-state index in [0.717, 1.165) is 16.4 Å². The average molecular weight is 241 g/mol. The Morgan fingerprint density at radius 2 is 2.25 bits per heavy atom. The molecule has 0 radical (unpaired) electrons. The number of fused-ring (bicyclic) bond motifs is 1. The summed E-state index contributed by atoms with van der Waals surface area (Å²) in [5, 5.41) is 13.3. The highest BCUT2D eigenvalue weighted by Gasteiger charge is 2.25. The highest BCUT2D eigenvalue weighted by Crippen LogP contribution is 2.26. The van der Waals surface area contributed by atoms with Crippen LogP contribution >= 0.6 is 11.3 Å². The summed E-state index contributed by atoms with van der Waals surface area (Å²) in [6.45, 7) is 4.41. The van der Waals surface area contributed by atoms with Crippen LogP contribution in [0.4, 0.5) is 0 Å². The number of rotatable bonds is 4. The molecule has 1 atom stereocenters. The molecule has 2 aromatic rings. The van der Waals surface area contributed by atoms with Crippen LogP contribution in [0.5, 0.6) is 0 Å². The van der Waals surface area contributed by atoms with Crippen molar-refractivity contribution in [2.45, 2.75) is 32.4 Å². The zero-order valence-corrected chi connectivity index (χ0v) is 10.4. The van der Waals surface area contributed by atoms with E-state index < -0.39 is 5.54 Å². The predicted octanol–water partition coefficient (Wildman–Crippen LogP) is 0.916. The maximum absolute atomic E-state index is 6.14. The van der Waals surface area contributed by atoms with E-state index in [1.807, 2.05) is 13.8 Å². The van der Waals surface area contributed by atoms with Gasteiger partial charge in [-0.3, -0.25) is 0 Å². The highest BCUT2D eigenvalue weighted by molar-refractivity contribution is 7.16. The minimum Gasteiger partial charge on any atom is -0.377 e. The molecule has 1 unspecified atom stereocenters. The SMILES string of the molecule is CCC(C)(N)c1nn2c(COC)nnc2s1. The van der Waals surface area contributed by atoms with Crippen molar-refractivity contribution >= 4 is 16.3 Å². The Balaban J connectivity index is 2.44. The molecule has 0 amide bonds. The Kier molecular flexibility index (Phi) is 2.92. The minimum absolute atomic E-state index is 0.401. The smallest absolute Gasteiger partial charge is 0.234 e. The number of ether oxygens (including phenoxy) is 1. The fourth-order valence-electron chi connectivity index (χ4n) is 1.26. The Hall–Kier alpha value is -1.05. The molecule has 0 saturated heterocycles. The standard InChI is InChI=1S/C9H15N5OS/c1-4-9(2,10)7-13-14-6(5-15-3)11-12-8(14)16-7/h4-5,10H2,1-3H3. The second-order valence-corrected chi connectivity index (χ2v) is 4.88. The van der Waals surface area contributed by atoms with E-state index in [2.05, 4.69) is 15.3 Å². The summed E-state index contributed by atoms with van der Waals surface area (Å²) in [6, 6.07) is 0. The molecule has 0 aliphatic heterocycles. The maximum Gasteiger partial charge on any atom is 0.234 e. The highest BCUT2D eigenvalue weighted by atomic mass is 32.1. The monoisotopic (exact) mass is 241 g/mol. The van der Waals surface area contributed by atoms with Gasteiger partial charge in [-0.2, -0.15) is 9.61 Å². The van der Waals surface area contributed by atoms with Crippen molar-refractivity contribution in [1.82, 2.24) is 19.8 Å². The van der Waals surface area contributed by atoms with Crippen LogP contribution in [-0.2, 0) is 16.9 Å². The van der Waals surface area contributed by atoms with Gasteiger partial charge in [-0.05, 0) is 13.3 Å². The molecule has 0 aliphatic rings. The van der Waals surface area contributed by atoms with Gasteiger partial charge in [0.1, 0.15) is 11.6 Å². The maximum atomic E-state index is 6.14. The summed E-state index contributed by atoms with van der Waals surface area (Å²) in [5.41, 5.74) is 5.73. The van der Waals surface area contributed by atoms with Crippen LogP contribution in [0.1, 0.15) is 31.1 Å². The van der Waals surface area contributed by atoms with Gasteiger partial charge in [0, 0.05) is 7.11 Å². The molecule has 2 rings (SSSR count). The van der Waals surface area contributed by atoms with Crippen LogP contribution in [0.25, 0.3) is 4.96 Å². The first-order chi connectivity index (χ1) is 7.58. The van der Waals surface area contributed by atoms with Crippen LogP contribution in [0, 0.1) is 0 Å². The Bertz CT molecular complexity index is 489. The zero-order chi connectivity index (χ0) is 11.8. The normalized spacial score (nSPS) is 15.5. The van der Waals surface area contributed by atoms with Crippen LogP contribution in [0.3, 0.4) is 0 Å². The van der Waals surface area contributed by atoms with Crippen molar-refractivity contribution in [1.29, 1.82) is 0 Å². The molecule has 0 bridgehead atoms. The molecule has 7 heteroatoms. The van der Waals surface area contributed by atoms with Gasteiger partial charge >= 0.3 is 0 Å². The fraction of sp³-hybridized carbons (Fsp3) is 0.667. The third kappa shape index (κ3) is 1.81. The molecular formula is C9H15N5OS. The van der Waals surface area contributed by atoms with Gasteiger partial charge in [-0.25, -0.2) is 0 Å². The van der Waals surface area contributed by atoms with Gasteiger partial charge in [-0.1, -0.05) is 18.3 Å². The predicted molar refractivity (Wildman–Crippen MR) is 61.2 cm³/mol. The second-order valence-electron chi connectivity index (χ2n) is 3.92. The first-order valence-electron chi connectivity index (χ1n) is 5.08. The summed E-state index contributed by atoms with van der Waals surface area (Å²) in [5.74, 6) is 0.701. The van der Waals surface area contributed by atoms with Crippen molar-refractivity contribution in [2.24, 2.45) is 5.73 Å². The van der Waals surface area contributed by atoms with Gasteiger partial charge in [0.25, 0.3) is 0 Å². The number of nitrogens with two attached hydrogens (primary N) is 1. The van der Waals surface area contributed by atoms with Gasteiger partial charge in [0.2, 0.25) is 4.96 Å². The molecule has 0 saturated carbocycles. The molecule has 2 N–H and O–H groups in total. The Morgan fingerprint density at radius 1 is 1.50 bits per heavy atom. The topological polar surface area (TPSA) is 78.3 Å². The van der Waals surface area contributed by atoms with E-state index in [-0.39, 0.29) is 0 Å². The summed E-state index contributed by atoms with van der Waals surface area (Å²) in [6.07, 6.45) is 0.830.